The van der Waals surface area contributed by atoms with Gasteiger partial charge in [0.1, 0.15) is 5.03 Å². The zero-order valence-electron chi connectivity index (χ0n) is 11.9. The molecule has 2 heterocycles. The molecule has 0 saturated carbocycles. The van der Waals surface area contributed by atoms with E-state index in [9.17, 15) is 0 Å². The Morgan fingerprint density at radius 1 is 1.00 bits per heavy atom. The maximum Gasteiger partial charge on any atom is 0.153 e. The number of benzene rings is 1. The van der Waals surface area contributed by atoms with Gasteiger partial charge in [-0.2, -0.15) is 5.10 Å². The van der Waals surface area contributed by atoms with Gasteiger partial charge in [0.15, 0.2) is 5.65 Å². The maximum absolute atomic E-state index is 4.62. The smallest absolute Gasteiger partial charge is 0.153 e. The molecule has 0 saturated heterocycles. The summed E-state index contributed by atoms with van der Waals surface area (Å²) in [5, 5.41) is 5.60. The normalized spacial score (nSPS) is 11.9. The van der Waals surface area contributed by atoms with Crippen molar-refractivity contribution in [2.45, 2.75) is 36.1 Å². The van der Waals surface area contributed by atoms with Crippen molar-refractivity contribution in [1.82, 2.24) is 14.6 Å². The van der Waals surface area contributed by atoms with E-state index < -0.39 is 0 Å². The van der Waals surface area contributed by atoms with Gasteiger partial charge in [-0.05, 0) is 24.3 Å². The van der Waals surface area contributed by atoms with Crippen LogP contribution in [-0.2, 0) is 5.41 Å². The van der Waals surface area contributed by atoms with E-state index in [1.807, 2.05) is 41.0 Å². The van der Waals surface area contributed by atoms with E-state index in [1.54, 1.807) is 11.8 Å². The summed E-state index contributed by atoms with van der Waals surface area (Å²) in [4.78, 5) is 5.81. The second-order valence-corrected chi connectivity index (χ2v) is 6.86. The highest BCUT2D eigenvalue weighted by Crippen LogP contribution is 2.26. The molecule has 102 valence electrons. The van der Waals surface area contributed by atoms with Crippen LogP contribution in [0.5, 0.6) is 0 Å². The van der Waals surface area contributed by atoms with E-state index in [0.717, 1.165) is 16.4 Å². The van der Waals surface area contributed by atoms with Crippen molar-refractivity contribution in [3.63, 3.8) is 0 Å². The Morgan fingerprint density at radius 3 is 2.45 bits per heavy atom. The fourth-order valence-corrected chi connectivity index (χ4v) is 2.69. The first-order valence-electron chi connectivity index (χ1n) is 6.62. The summed E-state index contributed by atoms with van der Waals surface area (Å²) in [7, 11) is 0. The van der Waals surface area contributed by atoms with Crippen LogP contribution in [0.1, 0.15) is 26.5 Å². The molecule has 0 unspecified atom stereocenters. The summed E-state index contributed by atoms with van der Waals surface area (Å²) in [5.74, 6) is 0. The van der Waals surface area contributed by atoms with Gasteiger partial charge in [0.2, 0.25) is 0 Å². The molecule has 20 heavy (non-hydrogen) atoms. The molecule has 0 amide bonds. The average Bonchev–Trinajstić information content (AvgIpc) is 2.83. The summed E-state index contributed by atoms with van der Waals surface area (Å²) >= 11 is 1.66. The number of hydrogen-bond acceptors (Lipinski definition) is 3. The van der Waals surface area contributed by atoms with Gasteiger partial charge < -0.3 is 0 Å². The summed E-state index contributed by atoms with van der Waals surface area (Å²) < 4.78 is 1.87. The number of imidazole rings is 1. The third-order valence-corrected chi connectivity index (χ3v) is 3.96. The van der Waals surface area contributed by atoms with Gasteiger partial charge in [0, 0.05) is 10.3 Å². The van der Waals surface area contributed by atoms with Crippen LogP contribution in [0.25, 0.3) is 5.65 Å². The minimum Gasteiger partial charge on any atom is -0.232 e. The Labute approximate surface area is 123 Å². The van der Waals surface area contributed by atoms with Crippen molar-refractivity contribution in [3.8, 4) is 0 Å². The number of hydrogen-bond donors (Lipinski definition) is 0. The van der Waals surface area contributed by atoms with Crippen LogP contribution in [0, 0.1) is 0 Å². The third-order valence-electron chi connectivity index (χ3n) is 3.03. The van der Waals surface area contributed by atoms with E-state index >= 15 is 0 Å². The van der Waals surface area contributed by atoms with Crippen molar-refractivity contribution in [3.05, 3.63) is 54.4 Å². The van der Waals surface area contributed by atoms with Crippen molar-refractivity contribution >= 4 is 17.4 Å². The third kappa shape index (κ3) is 2.70. The van der Waals surface area contributed by atoms with Crippen LogP contribution in [0.3, 0.4) is 0 Å². The van der Waals surface area contributed by atoms with Gasteiger partial charge in [-0.3, -0.25) is 0 Å². The van der Waals surface area contributed by atoms with E-state index in [-0.39, 0.29) is 5.41 Å². The topological polar surface area (TPSA) is 30.2 Å². The Kier molecular flexibility index (Phi) is 3.26. The monoisotopic (exact) mass is 283 g/mol. The Balaban J connectivity index is 1.95. The quantitative estimate of drug-likeness (QED) is 0.707. The fourth-order valence-electron chi connectivity index (χ4n) is 1.89. The minimum atomic E-state index is 0.0421. The maximum atomic E-state index is 4.62. The lowest BCUT2D eigenvalue weighted by Crippen LogP contribution is -2.11. The second-order valence-electron chi connectivity index (χ2n) is 5.77. The summed E-state index contributed by atoms with van der Waals surface area (Å²) in [5.41, 5.74) is 2.00. The molecular formula is C16H17N3S. The molecule has 0 atom stereocenters. The molecule has 0 aliphatic heterocycles. The van der Waals surface area contributed by atoms with E-state index in [4.69, 9.17) is 0 Å². The van der Waals surface area contributed by atoms with Crippen LogP contribution >= 0.6 is 11.8 Å². The molecule has 0 bridgehead atoms. The SMILES string of the molecule is CC(C)(C)c1cn2nc(Sc3ccccc3)ccc2n1. The van der Waals surface area contributed by atoms with E-state index in [2.05, 4.69) is 43.0 Å². The standard InChI is InChI=1S/C16H17N3S/c1-16(2,3)13-11-19-14(17-13)9-10-15(18-19)20-12-7-5-4-6-8-12/h4-11H,1-3H3. The summed E-state index contributed by atoms with van der Waals surface area (Å²) in [6.07, 6.45) is 2.02. The highest BCUT2D eigenvalue weighted by atomic mass is 32.2. The molecular weight excluding hydrogens is 266 g/mol. The lowest BCUT2D eigenvalue weighted by molar-refractivity contribution is 0.572. The number of rotatable bonds is 2. The lowest BCUT2D eigenvalue weighted by atomic mass is 9.93. The first-order chi connectivity index (χ1) is 9.52. The fraction of sp³-hybridized carbons (Fsp3) is 0.250. The molecule has 0 N–H and O–H groups in total. The predicted molar refractivity (Wildman–Crippen MR) is 82.3 cm³/mol. The van der Waals surface area contributed by atoms with Crippen LogP contribution in [-0.4, -0.2) is 14.6 Å². The van der Waals surface area contributed by atoms with Crippen LogP contribution in [0.4, 0.5) is 0 Å². The molecule has 0 radical (unpaired) electrons. The Morgan fingerprint density at radius 2 is 1.75 bits per heavy atom. The minimum absolute atomic E-state index is 0.0421. The molecule has 3 rings (SSSR count). The average molecular weight is 283 g/mol. The van der Waals surface area contributed by atoms with Crippen LogP contribution in [0.15, 0.2) is 58.6 Å². The summed E-state index contributed by atoms with van der Waals surface area (Å²) in [6.45, 7) is 6.48. The van der Waals surface area contributed by atoms with Crippen molar-refractivity contribution in [2.24, 2.45) is 0 Å². The molecule has 3 nitrogen and oxygen atoms in total. The Bertz CT molecular complexity index is 726. The Hall–Kier alpha value is -1.81. The molecule has 0 spiro atoms. The van der Waals surface area contributed by atoms with Crippen molar-refractivity contribution < 1.29 is 0 Å². The molecule has 0 aliphatic rings. The highest BCUT2D eigenvalue weighted by molar-refractivity contribution is 7.99. The van der Waals surface area contributed by atoms with Crippen LogP contribution < -0.4 is 0 Å². The summed E-state index contributed by atoms with van der Waals surface area (Å²) in [6, 6.07) is 14.3. The molecule has 1 aromatic carbocycles. The first-order valence-corrected chi connectivity index (χ1v) is 7.44. The van der Waals surface area contributed by atoms with Crippen molar-refractivity contribution in [1.29, 1.82) is 0 Å². The molecule has 4 heteroatoms. The first kappa shape index (κ1) is 13.2. The van der Waals surface area contributed by atoms with E-state index in [0.29, 0.717) is 0 Å². The van der Waals surface area contributed by atoms with Crippen molar-refractivity contribution in [2.75, 3.05) is 0 Å². The number of aromatic nitrogens is 3. The van der Waals surface area contributed by atoms with Gasteiger partial charge in [0.25, 0.3) is 0 Å². The predicted octanol–water partition coefficient (Wildman–Crippen LogP) is 4.18. The van der Waals surface area contributed by atoms with Gasteiger partial charge in [0.05, 0.1) is 11.9 Å². The molecule has 3 aromatic rings. The highest BCUT2D eigenvalue weighted by Gasteiger charge is 2.18. The number of fused-ring (bicyclic) bond motifs is 1. The van der Waals surface area contributed by atoms with E-state index in [1.165, 1.54) is 4.90 Å². The largest absolute Gasteiger partial charge is 0.232 e. The zero-order valence-corrected chi connectivity index (χ0v) is 12.7. The molecule has 2 aromatic heterocycles. The number of nitrogens with zero attached hydrogens (tertiary/aromatic N) is 3. The second kappa shape index (κ2) is 4.94. The van der Waals surface area contributed by atoms with Crippen LogP contribution in [0.2, 0.25) is 0 Å². The van der Waals surface area contributed by atoms with Gasteiger partial charge in [-0.25, -0.2) is 9.50 Å². The molecule has 0 fully saturated rings. The molecule has 0 aliphatic carbocycles. The van der Waals surface area contributed by atoms with Gasteiger partial charge >= 0.3 is 0 Å². The zero-order chi connectivity index (χ0) is 14.2. The van der Waals surface area contributed by atoms with Gasteiger partial charge in [-0.1, -0.05) is 50.7 Å². The lowest BCUT2D eigenvalue weighted by Gasteiger charge is -2.13. The van der Waals surface area contributed by atoms with Gasteiger partial charge in [-0.15, -0.1) is 0 Å².